The summed E-state index contributed by atoms with van der Waals surface area (Å²) in [5.74, 6) is 0. The smallest absolute Gasteiger partial charge is 0.195 e. The molecule has 2 unspecified atom stereocenters. The first-order valence-corrected chi connectivity index (χ1v) is 5.38. The molecule has 3 heteroatoms. The molecule has 0 aromatic carbocycles. The molecule has 14 heavy (non-hydrogen) atoms. The van der Waals surface area contributed by atoms with Crippen LogP contribution in [-0.4, -0.2) is 37.0 Å². The molecule has 1 aliphatic rings. The highest BCUT2D eigenvalue weighted by atomic mass is 19.1. The summed E-state index contributed by atoms with van der Waals surface area (Å²) in [6.45, 7) is 10.8. The molecule has 0 aromatic heterocycles. The van der Waals surface area contributed by atoms with Gasteiger partial charge in [0, 0.05) is 19.1 Å². The summed E-state index contributed by atoms with van der Waals surface area (Å²) < 4.78 is 17.4. The van der Waals surface area contributed by atoms with Gasteiger partial charge in [-0.25, -0.2) is 4.39 Å². The van der Waals surface area contributed by atoms with Crippen molar-refractivity contribution >= 4 is 0 Å². The second-order valence-corrected chi connectivity index (χ2v) is 5.35. The molecule has 1 fully saturated rings. The molecule has 2 nitrogen and oxygen atoms in total. The van der Waals surface area contributed by atoms with Gasteiger partial charge < -0.3 is 4.74 Å². The summed E-state index contributed by atoms with van der Waals surface area (Å²) in [7, 11) is 0. The molecule has 0 radical (unpaired) electrons. The van der Waals surface area contributed by atoms with Crippen molar-refractivity contribution in [2.24, 2.45) is 5.41 Å². The normalized spacial score (nSPS) is 25.9. The van der Waals surface area contributed by atoms with Gasteiger partial charge >= 0.3 is 0 Å². The van der Waals surface area contributed by atoms with Crippen molar-refractivity contribution in [3.8, 4) is 0 Å². The summed E-state index contributed by atoms with van der Waals surface area (Å²) in [4.78, 5) is 2.38. The Labute approximate surface area is 86.4 Å². The molecule has 1 aliphatic heterocycles. The number of hydrogen-bond acceptors (Lipinski definition) is 2. The lowest BCUT2D eigenvalue weighted by Crippen LogP contribution is -2.53. The molecule has 0 aliphatic carbocycles. The standard InChI is InChI=1S/C11H22FNO/c1-9(12)14-7-10-5-6-13(10)8-11(2,3)4/h9-10H,5-8H2,1-4H3. The number of ether oxygens (including phenoxy) is 1. The Hall–Kier alpha value is -0.150. The summed E-state index contributed by atoms with van der Waals surface area (Å²) in [5, 5.41) is 0. The van der Waals surface area contributed by atoms with Crippen LogP contribution in [0.4, 0.5) is 4.39 Å². The molecule has 0 bridgehead atoms. The summed E-state index contributed by atoms with van der Waals surface area (Å²) in [6, 6.07) is 0.437. The van der Waals surface area contributed by atoms with E-state index in [9.17, 15) is 4.39 Å². The zero-order chi connectivity index (χ0) is 10.8. The number of alkyl halides is 1. The number of likely N-dealkylation sites (tertiary alicyclic amines) is 1. The second kappa shape index (κ2) is 4.58. The molecule has 0 spiro atoms. The van der Waals surface area contributed by atoms with Crippen LogP contribution in [0.3, 0.4) is 0 Å². The molecular weight excluding hydrogens is 181 g/mol. The maximum absolute atomic E-state index is 12.4. The average molecular weight is 203 g/mol. The van der Waals surface area contributed by atoms with Crippen molar-refractivity contribution in [1.82, 2.24) is 4.90 Å². The first kappa shape index (κ1) is 11.9. The van der Waals surface area contributed by atoms with Crippen molar-refractivity contribution in [2.45, 2.75) is 46.5 Å². The monoisotopic (exact) mass is 203 g/mol. The number of rotatable bonds is 4. The van der Waals surface area contributed by atoms with E-state index in [1.54, 1.807) is 0 Å². The Kier molecular flexibility index (Phi) is 3.90. The van der Waals surface area contributed by atoms with Crippen molar-refractivity contribution in [1.29, 1.82) is 0 Å². The van der Waals surface area contributed by atoms with Crippen LogP contribution < -0.4 is 0 Å². The summed E-state index contributed by atoms with van der Waals surface area (Å²) >= 11 is 0. The fourth-order valence-corrected chi connectivity index (χ4v) is 1.74. The molecule has 0 N–H and O–H groups in total. The van der Waals surface area contributed by atoms with Gasteiger partial charge in [0.15, 0.2) is 6.36 Å². The van der Waals surface area contributed by atoms with Gasteiger partial charge in [-0.2, -0.15) is 0 Å². The van der Waals surface area contributed by atoms with E-state index in [0.29, 0.717) is 18.1 Å². The lowest BCUT2D eigenvalue weighted by atomic mass is 9.92. The fourth-order valence-electron chi connectivity index (χ4n) is 1.74. The third kappa shape index (κ3) is 3.93. The van der Waals surface area contributed by atoms with Gasteiger partial charge in [0.25, 0.3) is 0 Å². The molecule has 1 saturated heterocycles. The molecule has 2 atom stereocenters. The lowest BCUT2D eigenvalue weighted by Gasteiger charge is -2.44. The van der Waals surface area contributed by atoms with E-state index >= 15 is 0 Å². The second-order valence-electron chi connectivity index (χ2n) is 5.35. The van der Waals surface area contributed by atoms with Crippen LogP contribution in [0.15, 0.2) is 0 Å². The largest absolute Gasteiger partial charge is 0.347 e. The van der Waals surface area contributed by atoms with E-state index in [1.807, 2.05) is 0 Å². The van der Waals surface area contributed by atoms with Gasteiger partial charge in [0.2, 0.25) is 0 Å². The van der Waals surface area contributed by atoms with Crippen LogP contribution in [0.25, 0.3) is 0 Å². The maximum atomic E-state index is 12.4. The Morgan fingerprint density at radius 2 is 2.14 bits per heavy atom. The number of nitrogens with zero attached hydrogens (tertiary/aromatic N) is 1. The van der Waals surface area contributed by atoms with Gasteiger partial charge in [-0.05, 0) is 18.8 Å². The van der Waals surface area contributed by atoms with Gasteiger partial charge in [-0.1, -0.05) is 20.8 Å². The highest BCUT2D eigenvalue weighted by molar-refractivity contribution is 4.85. The topological polar surface area (TPSA) is 12.5 Å². The first-order chi connectivity index (χ1) is 6.38. The third-order valence-corrected chi connectivity index (χ3v) is 2.46. The van der Waals surface area contributed by atoms with Crippen LogP contribution in [0.2, 0.25) is 0 Å². The minimum Gasteiger partial charge on any atom is -0.347 e. The fraction of sp³-hybridized carbons (Fsp3) is 1.00. The van der Waals surface area contributed by atoms with E-state index < -0.39 is 6.36 Å². The SMILES string of the molecule is CC(F)OCC1CCN1CC(C)(C)C. The van der Waals surface area contributed by atoms with Crippen molar-refractivity contribution in [2.75, 3.05) is 19.7 Å². The van der Waals surface area contributed by atoms with Crippen LogP contribution in [0.1, 0.15) is 34.1 Å². The quantitative estimate of drug-likeness (QED) is 0.696. The van der Waals surface area contributed by atoms with Crippen LogP contribution in [0.5, 0.6) is 0 Å². The molecule has 1 heterocycles. The molecule has 0 aromatic rings. The number of hydrogen-bond donors (Lipinski definition) is 0. The Morgan fingerprint density at radius 1 is 1.50 bits per heavy atom. The van der Waals surface area contributed by atoms with Gasteiger partial charge in [-0.15, -0.1) is 0 Å². The van der Waals surface area contributed by atoms with E-state index in [4.69, 9.17) is 4.74 Å². The molecule has 1 rings (SSSR count). The predicted octanol–water partition coefficient (Wildman–Crippen LogP) is 2.44. The van der Waals surface area contributed by atoms with Crippen molar-refractivity contribution < 1.29 is 9.13 Å². The number of halogens is 1. The van der Waals surface area contributed by atoms with Gasteiger partial charge in [0.1, 0.15) is 0 Å². The predicted molar refractivity (Wildman–Crippen MR) is 56.0 cm³/mol. The van der Waals surface area contributed by atoms with Crippen molar-refractivity contribution in [3.63, 3.8) is 0 Å². The summed E-state index contributed by atoms with van der Waals surface area (Å²) in [5.41, 5.74) is 0.319. The van der Waals surface area contributed by atoms with E-state index in [-0.39, 0.29) is 0 Å². The average Bonchev–Trinajstić information content (AvgIpc) is 1.96. The molecule has 0 saturated carbocycles. The zero-order valence-corrected chi connectivity index (χ0v) is 9.72. The van der Waals surface area contributed by atoms with Crippen LogP contribution >= 0.6 is 0 Å². The van der Waals surface area contributed by atoms with E-state index in [2.05, 4.69) is 25.7 Å². The Bertz CT molecular complexity index is 177. The highest BCUT2D eigenvalue weighted by Crippen LogP contribution is 2.24. The summed E-state index contributed by atoms with van der Waals surface area (Å²) in [6.07, 6.45) is 0.00934. The Balaban J connectivity index is 2.22. The van der Waals surface area contributed by atoms with Gasteiger partial charge in [0.05, 0.1) is 6.61 Å². The minimum absolute atomic E-state index is 0.319. The van der Waals surface area contributed by atoms with Gasteiger partial charge in [-0.3, -0.25) is 4.90 Å². The zero-order valence-electron chi connectivity index (χ0n) is 9.72. The molecule has 84 valence electrons. The third-order valence-electron chi connectivity index (χ3n) is 2.46. The highest BCUT2D eigenvalue weighted by Gasteiger charge is 2.31. The van der Waals surface area contributed by atoms with E-state index in [0.717, 1.165) is 19.5 Å². The van der Waals surface area contributed by atoms with Crippen molar-refractivity contribution in [3.05, 3.63) is 0 Å². The van der Waals surface area contributed by atoms with E-state index in [1.165, 1.54) is 6.92 Å². The lowest BCUT2D eigenvalue weighted by molar-refractivity contribution is -0.0772. The Morgan fingerprint density at radius 3 is 2.50 bits per heavy atom. The molecule has 0 amide bonds. The van der Waals surface area contributed by atoms with Crippen LogP contribution in [0, 0.1) is 5.41 Å². The van der Waals surface area contributed by atoms with Crippen LogP contribution in [-0.2, 0) is 4.74 Å². The molecular formula is C11H22FNO. The maximum Gasteiger partial charge on any atom is 0.195 e. The minimum atomic E-state index is -1.13. The first-order valence-electron chi connectivity index (χ1n) is 5.38.